The fraction of sp³-hybridized carbons (Fsp3) is 0.636. The maximum Gasteiger partial charge on any atom is 0.0867 e. The average molecular weight is 166 g/mol. The van der Waals surface area contributed by atoms with Crippen LogP contribution < -0.4 is 0 Å². The molecular weight excluding hydrogens is 148 g/mol. The van der Waals surface area contributed by atoms with Crippen LogP contribution in [-0.2, 0) is 0 Å². The Morgan fingerprint density at radius 3 is 2.92 bits per heavy atom. The quantitative estimate of drug-likeness (QED) is 0.683. The molecule has 0 bridgehead atoms. The highest BCUT2D eigenvalue weighted by Crippen LogP contribution is 2.27. The molecule has 0 heterocycles. The molecule has 1 rings (SSSR count). The zero-order valence-corrected chi connectivity index (χ0v) is 8.01. The summed E-state index contributed by atoms with van der Waals surface area (Å²) >= 11 is 0. The first-order chi connectivity index (χ1) is 5.66. The lowest BCUT2D eigenvalue weighted by Gasteiger charge is -2.27. The molecule has 0 aliphatic heterocycles. The molecule has 12 heavy (non-hydrogen) atoms. The molecule has 0 fully saturated rings. The molecule has 0 saturated carbocycles. The van der Waals surface area contributed by atoms with Gasteiger partial charge in [0.2, 0.25) is 0 Å². The second-order valence-corrected chi connectivity index (χ2v) is 3.76. The maximum atomic E-state index is 10.0. The lowest BCUT2D eigenvalue weighted by Crippen LogP contribution is -2.27. The summed E-state index contributed by atoms with van der Waals surface area (Å²) in [6.07, 6.45) is 9.92. The van der Waals surface area contributed by atoms with Crippen LogP contribution in [0.5, 0.6) is 0 Å². The minimum atomic E-state index is -0.547. The highest BCUT2D eigenvalue weighted by molar-refractivity contribution is 5.23. The fourth-order valence-corrected chi connectivity index (χ4v) is 1.65. The first-order valence-corrected chi connectivity index (χ1v) is 4.74. The predicted octanol–water partition coefficient (Wildman–Crippen LogP) is 2.81. The topological polar surface area (TPSA) is 20.2 Å². The van der Waals surface area contributed by atoms with E-state index < -0.39 is 5.60 Å². The molecule has 0 radical (unpaired) electrons. The first-order valence-electron chi connectivity index (χ1n) is 4.74. The Balaban J connectivity index is 2.51. The second kappa shape index (κ2) is 3.90. The van der Waals surface area contributed by atoms with E-state index in [2.05, 4.69) is 19.9 Å². The number of allylic oxidation sites excluding steroid dienone is 2. The third kappa shape index (κ3) is 2.49. The molecule has 1 atom stereocenters. The molecule has 0 aromatic carbocycles. The zero-order valence-electron chi connectivity index (χ0n) is 8.01. The first kappa shape index (κ1) is 9.53. The highest BCUT2D eigenvalue weighted by atomic mass is 16.3. The van der Waals surface area contributed by atoms with Crippen molar-refractivity contribution in [2.24, 2.45) is 0 Å². The largest absolute Gasteiger partial charge is 0.385 e. The number of hydrogen-bond donors (Lipinski definition) is 1. The third-order valence-electron chi connectivity index (χ3n) is 2.34. The van der Waals surface area contributed by atoms with E-state index in [-0.39, 0.29) is 0 Å². The van der Waals surface area contributed by atoms with Crippen LogP contribution in [0, 0.1) is 0 Å². The molecule has 0 aromatic rings. The van der Waals surface area contributed by atoms with Crippen molar-refractivity contribution in [3.63, 3.8) is 0 Å². The van der Waals surface area contributed by atoms with E-state index in [1.54, 1.807) is 0 Å². The molecule has 0 aromatic heterocycles. The molecule has 1 nitrogen and oxygen atoms in total. The maximum absolute atomic E-state index is 10.0. The van der Waals surface area contributed by atoms with Crippen molar-refractivity contribution in [3.05, 3.63) is 23.8 Å². The molecule has 1 aliphatic rings. The number of aliphatic hydroxyl groups is 1. The molecule has 1 heteroatoms. The lowest BCUT2D eigenvalue weighted by molar-refractivity contribution is 0.0780. The van der Waals surface area contributed by atoms with Crippen LogP contribution in [0.1, 0.15) is 39.5 Å². The average Bonchev–Trinajstić information content (AvgIpc) is 2.01. The summed E-state index contributed by atoms with van der Waals surface area (Å²) in [4.78, 5) is 0. The number of hydrogen-bond acceptors (Lipinski definition) is 1. The molecule has 68 valence electrons. The standard InChI is InChI=1S/C11H18O/c1-3-4-7-11(12)8-5-6-10(2)9-11/h5-6,8,12H,3-4,7,9H2,1-2H3. The molecule has 1 N–H and O–H groups in total. The van der Waals surface area contributed by atoms with Gasteiger partial charge in [-0.2, -0.15) is 0 Å². The Morgan fingerprint density at radius 2 is 2.33 bits per heavy atom. The Labute approximate surface area is 74.8 Å². The van der Waals surface area contributed by atoms with Crippen LogP contribution in [-0.4, -0.2) is 10.7 Å². The summed E-state index contributed by atoms with van der Waals surface area (Å²) in [5.74, 6) is 0. The van der Waals surface area contributed by atoms with Crippen molar-refractivity contribution in [3.8, 4) is 0 Å². The van der Waals surface area contributed by atoms with Crippen molar-refractivity contribution in [2.75, 3.05) is 0 Å². The smallest absolute Gasteiger partial charge is 0.0867 e. The van der Waals surface area contributed by atoms with E-state index in [0.29, 0.717) is 0 Å². The van der Waals surface area contributed by atoms with Crippen LogP contribution in [0.2, 0.25) is 0 Å². The van der Waals surface area contributed by atoms with E-state index in [4.69, 9.17) is 0 Å². The Bertz CT molecular complexity index is 203. The van der Waals surface area contributed by atoms with E-state index >= 15 is 0 Å². The second-order valence-electron chi connectivity index (χ2n) is 3.76. The summed E-state index contributed by atoms with van der Waals surface area (Å²) in [5, 5.41) is 10.0. The van der Waals surface area contributed by atoms with Crippen LogP contribution in [0.3, 0.4) is 0 Å². The monoisotopic (exact) mass is 166 g/mol. The summed E-state index contributed by atoms with van der Waals surface area (Å²) in [6.45, 7) is 4.22. The van der Waals surface area contributed by atoms with Gasteiger partial charge >= 0.3 is 0 Å². The van der Waals surface area contributed by atoms with Crippen molar-refractivity contribution in [1.82, 2.24) is 0 Å². The van der Waals surface area contributed by atoms with Gasteiger partial charge < -0.3 is 5.11 Å². The number of unbranched alkanes of at least 4 members (excludes halogenated alkanes) is 1. The minimum Gasteiger partial charge on any atom is -0.385 e. The highest BCUT2D eigenvalue weighted by Gasteiger charge is 2.24. The normalized spacial score (nSPS) is 28.8. The van der Waals surface area contributed by atoms with Gasteiger partial charge in [0.25, 0.3) is 0 Å². The van der Waals surface area contributed by atoms with Gasteiger partial charge in [0.05, 0.1) is 5.60 Å². The van der Waals surface area contributed by atoms with Gasteiger partial charge in [-0.25, -0.2) is 0 Å². The van der Waals surface area contributed by atoms with Crippen LogP contribution in [0.25, 0.3) is 0 Å². The van der Waals surface area contributed by atoms with E-state index in [1.807, 2.05) is 12.2 Å². The van der Waals surface area contributed by atoms with Crippen LogP contribution in [0.4, 0.5) is 0 Å². The van der Waals surface area contributed by atoms with Gasteiger partial charge in [0.15, 0.2) is 0 Å². The predicted molar refractivity (Wildman–Crippen MR) is 52.0 cm³/mol. The molecule has 0 spiro atoms. The van der Waals surface area contributed by atoms with Crippen molar-refractivity contribution >= 4 is 0 Å². The van der Waals surface area contributed by atoms with Crippen molar-refractivity contribution in [2.45, 2.75) is 45.1 Å². The fourth-order valence-electron chi connectivity index (χ4n) is 1.65. The van der Waals surface area contributed by atoms with Crippen LogP contribution in [0.15, 0.2) is 23.8 Å². The van der Waals surface area contributed by atoms with Gasteiger partial charge in [-0.05, 0) is 13.3 Å². The summed E-state index contributed by atoms with van der Waals surface area (Å²) < 4.78 is 0. The minimum absolute atomic E-state index is 0.547. The van der Waals surface area contributed by atoms with E-state index in [0.717, 1.165) is 25.7 Å². The summed E-state index contributed by atoms with van der Waals surface area (Å²) in [5.41, 5.74) is 0.727. The van der Waals surface area contributed by atoms with E-state index in [9.17, 15) is 5.11 Å². The molecule has 1 unspecified atom stereocenters. The number of rotatable bonds is 3. The van der Waals surface area contributed by atoms with Crippen molar-refractivity contribution in [1.29, 1.82) is 0 Å². The van der Waals surface area contributed by atoms with Gasteiger partial charge in [-0.1, -0.05) is 43.6 Å². The Kier molecular flexibility index (Phi) is 3.10. The SMILES string of the molecule is CCCCC1(O)C=CC=C(C)C1. The molecular formula is C11H18O. The van der Waals surface area contributed by atoms with Gasteiger partial charge in [-0.3, -0.25) is 0 Å². The van der Waals surface area contributed by atoms with Crippen molar-refractivity contribution < 1.29 is 5.11 Å². The van der Waals surface area contributed by atoms with Gasteiger partial charge in [0.1, 0.15) is 0 Å². The molecule has 0 amide bonds. The summed E-state index contributed by atoms with van der Waals surface area (Å²) in [7, 11) is 0. The molecule has 1 aliphatic carbocycles. The molecule has 0 saturated heterocycles. The van der Waals surface area contributed by atoms with Crippen LogP contribution >= 0.6 is 0 Å². The third-order valence-corrected chi connectivity index (χ3v) is 2.34. The lowest BCUT2D eigenvalue weighted by atomic mass is 9.86. The Morgan fingerprint density at radius 1 is 1.58 bits per heavy atom. The van der Waals surface area contributed by atoms with Gasteiger partial charge in [0, 0.05) is 6.42 Å². The van der Waals surface area contributed by atoms with E-state index in [1.165, 1.54) is 5.57 Å². The summed E-state index contributed by atoms with van der Waals surface area (Å²) in [6, 6.07) is 0. The zero-order chi connectivity index (χ0) is 9.03. The van der Waals surface area contributed by atoms with Gasteiger partial charge in [-0.15, -0.1) is 0 Å². The Hall–Kier alpha value is -0.560.